The van der Waals surface area contributed by atoms with Gasteiger partial charge in [-0.2, -0.15) is 0 Å². The predicted octanol–water partition coefficient (Wildman–Crippen LogP) is 5.31. The van der Waals surface area contributed by atoms with Crippen LogP contribution in [0.2, 0.25) is 0 Å². The highest BCUT2D eigenvalue weighted by atomic mass is 79.9. The van der Waals surface area contributed by atoms with Gasteiger partial charge in [-0.15, -0.1) is 0 Å². The second kappa shape index (κ2) is 6.02. The second-order valence-corrected chi connectivity index (χ2v) is 6.17. The molecule has 0 aliphatic rings. The summed E-state index contributed by atoms with van der Waals surface area (Å²) in [4.78, 5) is 12.5. The Kier molecular flexibility index (Phi) is 4.58. The normalized spacial score (nSPS) is 10.5. The molecule has 1 nitrogen and oxygen atoms in total. The van der Waals surface area contributed by atoms with Gasteiger partial charge in [0.15, 0.2) is 5.78 Å². The largest absolute Gasteiger partial charge is 0.289 e. The quantitative estimate of drug-likeness (QED) is 0.658. The van der Waals surface area contributed by atoms with Crippen LogP contribution in [0.4, 0.5) is 0 Å². The lowest BCUT2D eigenvalue weighted by Gasteiger charge is -2.07. The average Bonchev–Trinajstić information content (AvgIpc) is 2.42. The molecular formula is C16H14Br2O. The zero-order valence-corrected chi connectivity index (χ0v) is 14.0. The van der Waals surface area contributed by atoms with Crippen molar-refractivity contribution in [3.05, 3.63) is 67.6 Å². The molecule has 0 N–H and O–H groups in total. The summed E-state index contributed by atoms with van der Waals surface area (Å²) in [5, 5.41) is 0. The molecule has 0 amide bonds. The summed E-state index contributed by atoms with van der Waals surface area (Å²) in [6.07, 6.45) is 0.980. The van der Waals surface area contributed by atoms with E-state index >= 15 is 0 Å². The number of hydrogen-bond donors (Lipinski definition) is 0. The fourth-order valence-corrected chi connectivity index (χ4v) is 2.85. The second-order valence-electron chi connectivity index (χ2n) is 4.46. The Labute approximate surface area is 130 Å². The Hall–Kier alpha value is -0.930. The van der Waals surface area contributed by atoms with Crippen molar-refractivity contribution in [3.63, 3.8) is 0 Å². The number of aryl methyl sites for hydroxylation is 2. The van der Waals surface area contributed by atoms with Crippen molar-refractivity contribution in [3.8, 4) is 0 Å². The minimum absolute atomic E-state index is 0.0372. The lowest BCUT2D eigenvalue weighted by atomic mass is 10.0. The van der Waals surface area contributed by atoms with Gasteiger partial charge >= 0.3 is 0 Å². The molecule has 0 unspecified atom stereocenters. The van der Waals surface area contributed by atoms with Crippen LogP contribution in [0.5, 0.6) is 0 Å². The van der Waals surface area contributed by atoms with E-state index in [0.717, 1.165) is 20.9 Å². The van der Waals surface area contributed by atoms with Crippen molar-refractivity contribution in [2.45, 2.75) is 20.3 Å². The molecule has 3 heteroatoms. The maximum Gasteiger partial charge on any atom is 0.194 e. The molecule has 2 aromatic carbocycles. The van der Waals surface area contributed by atoms with Crippen LogP contribution in [0.25, 0.3) is 0 Å². The van der Waals surface area contributed by atoms with Gasteiger partial charge in [0, 0.05) is 20.1 Å². The van der Waals surface area contributed by atoms with E-state index in [1.165, 1.54) is 5.56 Å². The third-order valence-electron chi connectivity index (χ3n) is 3.12. The van der Waals surface area contributed by atoms with Crippen LogP contribution < -0.4 is 0 Å². The standard InChI is InChI=1S/C16H14Br2O/c1-3-11-4-6-12(7-5-11)16(19)13-9-14(17)10(2)8-15(13)18/h4-9H,3H2,1-2H3. The summed E-state index contributed by atoms with van der Waals surface area (Å²) in [5.74, 6) is 0.0372. The van der Waals surface area contributed by atoms with Gasteiger partial charge in [0.2, 0.25) is 0 Å². The van der Waals surface area contributed by atoms with E-state index in [1.54, 1.807) is 0 Å². The SMILES string of the molecule is CCc1ccc(C(=O)c2cc(Br)c(C)cc2Br)cc1. The van der Waals surface area contributed by atoms with E-state index in [-0.39, 0.29) is 5.78 Å². The van der Waals surface area contributed by atoms with Crippen LogP contribution in [0.1, 0.15) is 34.0 Å². The van der Waals surface area contributed by atoms with Crippen LogP contribution >= 0.6 is 31.9 Å². The van der Waals surface area contributed by atoms with Gasteiger partial charge in [0.25, 0.3) is 0 Å². The van der Waals surface area contributed by atoms with Crippen LogP contribution in [0, 0.1) is 6.92 Å². The highest BCUT2D eigenvalue weighted by molar-refractivity contribution is 9.11. The highest BCUT2D eigenvalue weighted by Crippen LogP contribution is 2.27. The molecule has 0 fully saturated rings. The van der Waals surface area contributed by atoms with Crippen LogP contribution in [-0.2, 0) is 6.42 Å². The number of rotatable bonds is 3. The van der Waals surface area contributed by atoms with Gasteiger partial charge in [-0.3, -0.25) is 4.79 Å². The van der Waals surface area contributed by atoms with Crippen molar-refractivity contribution in [1.29, 1.82) is 0 Å². The van der Waals surface area contributed by atoms with Crippen molar-refractivity contribution in [1.82, 2.24) is 0 Å². The Balaban J connectivity index is 2.40. The maximum absolute atomic E-state index is 12.5. The highest BCUT2D eigenvalue weighted by Gasteiger charge is 2.14. The molecule has 2 rings (SSSR count). The van der Waals surface area contributed by atoms with E-state index in [1.807, 2.05) is 43.3 Å². The zero-order valence-electron chi connectivity index (χ0n) is 10.8. The Morgan fingerprint density at radius 2 is 1.68 bits per heavy atom. The summed E-state index contributed by atoms with van der Waals surface area (Å²) in [6.45, 7) is 4.10. The smallest absolute Gasteiger partial charge is 0.194 e. The Morgan fingerprint density at radius 1 is 1.05 bits per heavy atom. The summed E-state index contributed by atoms with van der Waals surface area (Å²) in [7, 11) is 0. The number of carbonyl (C=O) groups excluding carboxylic acids is 1. The number of halogens is 2. The molecule has 19 heavy (non-hydrogen) atoms. The third-order valence-corrected chi connectivity index (χ3v) is 4.63. The van der Waals surface area contributed by atoms with Crippen molar-refractivity contribution in [2.24, 2.45) is 0 Å². The summed E-state index contributed by atoms with van der Waals surface area (Å²) in [5.41, 5.74) is 3.74. The third kappa shape index (κ3) is 3.15. The minimum Gasteiger partial charge on any atom is -0.289 e. The zero-order chi connectivity index (χ0) is 14.0. The van der Waals surface area contributed by atoms with Gasteiger partial charge < -0.3 is 0 Å². The van der Waals surface area contributed by atoms with Crippen molar-refractivity contribution < 1.29 is 4.79 Å². The average molecular weight is 382 g/mol. The number of carbonyl (C=O) groups is 1. The first-order chi connectivity index (χ1) is 9.02. The van der Waals surface area contributed by atoms with E-state index in [0.29, 0.717) is 11.1 Å². The van der Waals surface area contributed by atoms with Gasteiger partial charge in [-0.05, 0) is 36.6 Å². The molecule has 0 aliphatic carbocycles. The lowest BCUT2D eigenvalue weighted by Crippen LogP contribution is -2.03. The Morgan fingerprint density at radius 3 is 2.26 bits per heavy atom. The topological polar surface area (TPSA) is 17.1 Å². The van der Waals surface area contributed by atoms with Crippen LogP contribution in [0.15, 0.2) is 45.3 Å². The Bertz CT molecular complexity index is 615. The lowest BCUT2D eigenvalue weighted by molar-refractivity contribution is 0.103. The molecule has 0 saturated carbocycles. The van der Waals surface area contributed by atoms with Crippen LogP contribution in [0.3, 0.4) is 0 Å². The van der Waals surface area contributed by atoms with Gasteiger partial charge in [-0.1, -0.05) is 63.0 Å². The molecule has 98 valence electrons. The molecule has 2 aromatic rings. The first-order valence-electron chi connectivity index (χ1n) is 6.12. The van der Waals surface area contributed by atoms with Gasteiger partial charge in [0.1, 0.15) is 0 Å². The molecular weight excluding hydrogens is 368 g/mol. The summed E-state index contributed by atoms with van der Waals surface area (Å²) >= 11 is 6.94. The van der Waals surface area contributed by atoms with Crippen LogP contribution in [-0.4, -0.2) is 5.78 Å². The molecule has 0 radical (unpaired) electrons. The number of benzene rings is 2. The molecule has 0 aliphatic heterocycles. The predicted molar refractivity (Wildman–Crippen MR) is 85.8 cm³/mol. The maximum atomic E-state index is 12.5. The molecule has 0 atom stereocenters. The van der Waals surface area contributed by atoms with Crippen molar-refractivity contribution in [2.75, 3.05) is 0 Å². The minimum atomic E-state index is 0.0372. The first kappa shape index (κ1) is 14.5. The first-order valence-corrected chi connectivity index (χ1v) is 7.70. The molecule has 0 aromatic heterocycles. The molecule has 0 spiro atoms. The van der Waals surface area contributed by atoms with E-state index in [9.17, 15) is 4.79 Å². The van der Waals surface area contributed by atoms with E-state index < -0.39 is 0 Å². The van der Waals surface area contributed by atoms with E-state index in [2.05, 4.69) is 38.8 Å². The fraction of sp³-hybridized carbons (Fsp3) is 0.188. The number of hydrogen-bond acceptors (Lipinski definition) is 1. The monoisotopic (exact) mass is 380 g/mol. The number of ketones is 1. The molecule has 0 heterocycles. The summed E-state index contributed by atoms with van der Waals surface area (Å²) in [6, 6.07) is 11.6. The van der Waals surface area contributed by atoms with Gasteiger partial charge in [0.05, 0.1) is 0 Å². The molecule has 0 saturated heterocycles. The van der Waals surface area contributed by atoms with E-state index in [4.69, 9.17) is 0 Å². The molecule has 0 bridgehead atoms. The van der Waals surface area contributed by atoms with Gasteiger partial charge in [-0.25, -0.2) is 0 Å². The summed E-state index contributed by atoms with van der Waals surface area (Å²) < 4.78 is 1.78. The fourth-order valence-electron chi connectivity index (χ4n) is 1.87. The van der Waals surface area contributed by atoms with Crippen molar-refractivity contribution >= 4 is 37.6 Å².